The second kappa shape index (κ2) is 7.80. The number of hydrogen-bond acceptors (Lipinski definition) is 3. The second-order valence-electron chi connectivity index (χ2n) is 4.83. The molecule has 0 aliphatic heterocycles. The summed E-state index contributed by atoms with van der Waals surface area (Å²) in [7, 11) is 1.71. The first-order valence-electron chi connectivity index (χ1n) is 6.88. The molecule has 2 aromatic rings. The quantitative estimate of drug-likeness (QED) is 0.813. The summed E-state index contributed by atoms with van der Waals surface area (Å²) in [4.78, 5) is 0. The highest BCUT2D eigenvalue weighted by molar-refractivity contribution is 5.26. The Morgan fingerprint density at radius 2 is 1.80 bits per heavy atom. The smallest absolute Gasteiger partial charge is 0.0713 e. The van der Waals surface area contributed by atoms with Crippen LogP contribution >= 0.6 is 0 Å². The van der Waals surface area contributed by atoms with Gasteiger partial charge in [0, 0.05) is 26.2 Å². The lowest BCUT2D eigenvalue weighted by molar-refractivity contribution is 0.185. The molecule has 0 radical (unpaired) electrons. The Labute approximate surface area is 120 Å². The van der Waals surface area contributed by atoms with Crippen molar-refractivity contribution < 1.29 is 4.74 Å². The molecule has 0 bridgehead atoms. The van der Waals surface area contributed by atoms with Crippen LogP contribution in [0.2, 0.25) is 0 Å². The van der Waals surface area contributed by atoms with Crippen LogP contribution < -0.4 is 11.1 Å². The maximum absolute atomic E-state index is 5.90. The zero-order chi connectivity index (χ0) is 14.2. The Morgan fingerprint density at radius 1 is 1.05 bits per heavy atom. The summed E-state index contributed by atoms with van der Waals surface area (Å²) >= 11 is 0. The molecule has 0 aliphatic carbocycles. The fourth-order valence-electron chi connectivity index (χ4n) is 2.24. The van der Waals surface area contributed by atoms with Crippen LogP contribution in [0.5, 0.6) is 0 Å². The molecule has 2 rings (SSSR count). The van der Waals surface area contributed by atoms with Crippen LogP contribution in [0.3, 0.4) is 0 Å². The molecule has 0 fully saturated rings. The van der Waals surface area contributed by atoms with Gasteiger partial charge < -0.3 is 15.8 Å². The fourth-order valence-corrected chi connectivity index (χ4v) is 2.24. The minimum absolute atomic E-state index is 0.159. The van der Waals surface area contributed by atoms with Crippen molar-refractivity contribution in [2.45, 2.75) is 19.2 Å². The van der Waals surface area contributed by atoms with Crippen molar-refractivity contribution in [3.05, 3.63) is 71.3 Å². The van der Waals surface area contributed by atoms with E-state index in [2.05, 4.69) is 41.7 Å². The lowest BCUT2D eigenvalue weighted by Crippen LogP contribution is -2.27. The van der Waals surface area contributed by atoms with Crippen LogP contribution in [-0.4, -0.2) is 13.7 Å². The van der Waals surface area contributed by atoms with Crippen LogP contribution in [0.1, 0.15) is 22.7 Å². The van der Waals surface area contributed by atoms with E-state index in [4.69, 9.17) is 10.5 Å². The standard InChI is InChI=1S/C17H22N2O/c1-20-13-15-8-5-9-16(10-15)17(11-18)19-12-14-6-3-2-4-7-14/h2-10,17,19H,11-13,18H2,1H3. The molecule has 3 heteroatoms. The minimum Gasteiger partial charge on any atom is -0.380 e. The minimum atomic E-state index is 0.159. The predicted molar refractivity (Wildman–Crippen MR) is 82.2 cm³/mol. The summed E-state index contributed by atoms with van der Waals surface area (Å²) in [6.45, 7) is 2.02. The molecule has 1 unspecified atom stereocenters. The Balaban J connectivity index is 2.02. The monoisotopic (exact) mass is 270 g/mol. The molecule has 0 saturated carbocycles. The summed E-state index contributed by atoms with van der Waals surface area (Å²) in [6, 6.07) is 18.9. The van der Waals surface area contributed by atoms with Crippen molar-refractivity contribution >= 4 is 0 Å². The van der Waals surface area contributed by atoms with E-state index >= 15 is 0 Å². The maximum atomic E-state index is 5.90. The van der Waals surface area contributed by atoms with E-state index in [-0.39, 0.29) is 6.04 Å². The van der Waals surface area contributed by atoms with Crippen molar-refractivity contribution in [3.8, 4) is 0 Å². The average Bonchev–Trinajstić information content (AvgIpc) is 2.50. The molecule has 2 aromatic carbocycles. The van der Waals surface area contributed by atoms with Crippen molar-refractivity contribution in [1.29, 1.82) is 0 Å². The average molecular weight is 270 g/mol. The Morgan fingerprint density at radius 3 is 2.50 bits per heavy atom. The lowest BCUT2D eigenvalue weighted by atomic mass is 10.0. The first-order valence-corrected chi connectivity index (χ1v) is 6.88. The molecule has 0 aromatic heterocycles. The van der Waals surface area contributed by atoms with Crippen LogP contribution in [-0.2, 0) is 17.9 Å². The third-order valence-corrected chi connectivity index (χ3v) is 3.30. The molecule has 0 heterocycles. The van der Waals surface area contributed by atoms with Gasteiger partial charge in [-0.3, -0.25) is 0 Å². The highest BCUT2D eigenvalue weighted by atomic mass is 16.5. The van der Waals surface area contributed by atoms with Gasteiger partial charge in [-0.25, -0.2) is 0 Å². The molecular formula is C17H22N2O. The molecular weight excluding hydrogens is 248 g/mol. The highest BCUT2D eigenvalue weighted by Crippen LogP contribution is 2.15. The summed E-state index contributed by atoms with van der Waals surface area (Å²) in [5.74, 6) is 0. The molecule has 3 nitrogen and oxygen atoms in total. The van der Waals surface area contributed by atoms with Gasteiger partial charge in [-0.2, -0.15) is 0 Å². The molecule has 0 aliphatic rings. The first kappa shape index (κ1) is 14.7. The zero-order valence-corrected chi connectivity index (χ0v) is 11.9. The Hall–Kier alpha value is -1.68. The number of benzene rings is 2. The Kier molecular flexibility index (Phi) is 5.74. The van der Waals surface area contributed by atoms with Gasteiger partial charge >= 0.3 is 0 Å². The number of ether oxygens (including phenoxy) is 1. The van der Waals surface area contributed by atoms with E-state index in [9.17, 15) is 0 Å². The van der Waals surface area contributed by atoms with Crippen LogP contribution in [0, 0.1) is 0 Å². The third kappa shape index (κ3) is 4.17. The van der Waals surface area contributed by atoms with Gasteiger partial charge in [-0.1, -0.05) is 54.6 Å². The maximum Gasteiger partial charge on any atom is 0.0713 e. The van der Waals surface area contributed by atoms with Gasteiger partial charge in [-0.05, 0) is 16.7 Å². The molecule has 3 N–H and O–H groups in total. The van der Waals surface area contributed by atoms with Gasteiger partial charge in [0.15, 0.2) is 0 Å². The van der Waals surface area contributed by atoms with Crippen LogP contribution in [0.15, 0.2) is 54.6 Å². The van der Waals surface area contributed by atoms with E-state index in [0.717, 1.165) is 6.54 Å². The zero-order valence-electron chi connectivity index (χ0n) is 11.9. The molecule has 20 heavy (non-hydrogen) atoms. The Bertz CT molecular complexity index is 513. The summed E-state index contributed by atoms with van der Waals surface area (Å²) in [5.41, 5.74) is 9.54. The highest BCUT2D eigenvalue weighted by Gasteiger charge is 2.09. The molecule has 0 amide bonds. The second-order valence-corrected chi connectivity index (χ2v) is 4.83. The third-order valence-electron chi connectivity index (χ3n) is 3.30. The largest absolute Gasteiger partial charge is 0.380 e. The van der Waals surface area contributed by atoms with Gasteiger partial charge in [0.2, 0.25) is 0 Å². The summed E-state index contributed by atoms with van der Waals surface area (Å²) < 4.78 is 5.17. The van der Waals surface area contributed by atoms with E-state index in [1.54, 1.807) is 7.11 Å². The fraction of sp³-hybridized carbons (Fsp3) is 0.294. The van der Waals surface area contributed by atoms with Gasteiger partial charge in [0.05, 0.1) is 6.61 Å². The molecule has 0 spiro atoms. The van der Waals surface area contributed by atoms with Gasteiger partial charge in [0.25, 0.3) is 0 Å². The van der Waals surface area contributed by atoms with E-state index in [1.807, 2.05) is 18.2 Å². The van der Waals surface area contributed by atoms with E-state index in [1.165, 1.54) is 16.7 Å². The first-order chi connectivity index (χ1) is 9.83. The van der Waals surface area contributed by atoms with E-state index in [0.29, 0.717) is 13.2 Å². The van der Waals surface area contributed by atoms with Crippen LogP contribution in [0.4, 0.5) is 0 Å². The van der Waals surface area contributed by atoms with Crippen molar-refractivity contribution in [2.75, 3.05) is 13.7 Å². The van der Waals surface area contributed by atoms with Crippen molar-refractivity contribution in [1.82, 2.24) is 5.32 Å². The molecule has 106 valence electrons. The lowest BCUT2D eigenvalue weighted by Gasteiger charge is -2.18. The SMILES string of the molecule is COCc1cccc(C(CN)NCc2ccccc2)c1. The summed E-state index contributed by atoms with van der Waals surface area (Å²) in [6.07, 6.45) is 0. The number of nitrogens with two attached hydrogens (primary N) is 1. The van der Waals surface area contributed by atoms with Crippen molar-refractivity contribution in [2.24, 2.45) is 5.73 Å². The molecule has 0 saturated heterocycles. The van der Waals surface area contributed by atoms with E-state index < -0.39 is 0 Å². The summed E-state index contributed by atoms with van der Waals surface area (Å²) in [5, 5.41) is 3.51. The number of methoxy groups -OCH3 is 1. The number of hydrogen-bond donors (Lipinski definition) is 2. The number of rotatable bonds is 7. The van der Waals surface area contributed by atoms with Gasteiger partial charge in [0.1, 0.15) is 0 Å². The topological polar surface area (TPSA) is 47.3 Å². The van der Waals surface area contributed by atoms with Gasteiger partial charge in [-0.15, -0.1) is 0 Å². The number of nitrogens with one attached hydrogen (secondary N) is 1. The molecule has 1 atom stereocenters. The van der Waals surface area contributed by atoms with Crippen molar-refractivity contribution in [3.63, 3.8) is 0 Å². The predicted octanol–water partition coefficient (Wildman–Crippen LogP) is 2.62. The van der Waals surface area contributed by atoms with Crippen LogP contribution in [0.25, 0.3) is 0 Å². The normalized spacial score (nSPS) is 12.3.